The van der Waals surface area contributed by atoms with Gasteiger partial charge in [-0.25, -0.2) is 23.1 Å². The zero-order valence-electron chi connectivity index (χ0n) is 22.6. The lowest BCUT2D eigenvalue weighted by molar-refractivity contribution is -0.0908. The average Bonchev–Trinajstić information content (AvgIpc) is 2.89. The van der Waals surface area contributed by atoms with Gasteiger partial charge in [-0.05, 0) is 49.2 Å². The Morgan fingerprint density at radius 2 is 1.73 bits per heavy atom. The van der Waals surface area contributed by atoms with E-state index in [0.717, 1.165) is 0 Å². The van der Waals surface area contributed by atoms with E-state index in [0.29, 0.717) is 45.7 Å². The highest BCUT2D eigenvalue weighted by Gasteiger charge is 2.46. The molecule has 1 aliphatic carbocycles. The summed E-state index contributed by atoms with van der Waals surface area (Å²) in [4.78, 5) is 12.6. The molecule has 4 rings (SSSR count). The summed E-state index contributed by atoms with van der Waals surface area (Å²) in [5.74, 6) is -2.72. The van der Waals surface area contributed by atoms with Crippen molar-refractivity contribution in [3.05, 3.63) is 120 Å². The molecule has 9 heteroatoms. The van der Waals surface area contributed by atoms with Crippen LogP contribution < -0.4 is 15.1 Å². The van der Waals surface area contributed by atoms with Crippen molar-refractivity contribution in [3.8, 4) is 0 Å². The van der Waals surface area contributed by atoms with Crippen LogP contribution in [0.5, 0.6) is 0 Å². The van der Waals surface area contributed by atoms with Gasteiger partial charge in [0.25, 0.3) is 5.92 Å². The first-order valence-electron chi connectivity index (χ1n) is 13.1. The molecule has 0 unspecified atom stereocenters. The van der Waals surface area contributed by atoms with Gasteiger partial charge < -0.3 is 15.1 Å². The van der Waals surface area contributed by atoms with Gasteiger partial charge in [-0.3, -0.25) is 0 Å². The third-order valence-corrected chi connectivity index (χ3v) is 7.27. The molecule has 40 heavy (non-hydrogen) atoms. The van der Waals surface area contributed by atoms with Gasteiger partial charge in [0, 0.05) is 59.1 Å². The van der Waals surface area contributed by atoms with Gasteiger partial charge in [0.2, 0.25) is 5.95 Å². The second-order valence-corrected chi connectivity index (χ2v) is 10.4. The van der Waals surface area contributed by atoms with Crippen molar-refractivity contribution in [3.63, 3.8) is 0 Å². The normalized spacial score (nSPS) is 15.8. The van der Waals surface area contributed by atoms with Crippen LogP contribution in [0.25, 0.3) is 0 Å². The fourth-order valence-electron chi connectivity index (χ4n) is 5.11. The minimum Gasteiger partial charge on any atom is -0.384 e. The summed E-state index contributed by atoms with van der Waals surface area (Å²) in [5, 5.41) is 3.64. The van der Waals surface area contributed by atoms with Gasteiger partial charge in [0.05, 0.1) is 12.1 Å². The lowest BCUT2D eigenvalue weighted by Gasteiger charge is -2.44. The summed E-state index contributed by atoms with van der Waals surface area (Å²) < 4.78 is 42.1. The highest BCUT2D eigenvalue weighted by molar-refractivity contribution is 6.31. The van der Waals surface area contributed by atoms with Crippen LogP contribution in [-0.4, -0.2) is 28.0 Å². The minimum absolute atomic E-state index is 0.297. The first-order valence-corrected chi connectivity index (χ1v) is 13.4. The molecule has 1 heterocycles. The second kappa shape index (κ2) is 12.2. The monoisotopic (exact) mass is 567 g/mol. The van der Waals surface area contributed by atoms with Crippen molar-refractivity contribution < 1.29 is 13.2 Å². The lowest BCUT2D eigenvalue weighted by atomic mass is 9.87. The van der Waals surface area contributed by atoms with Crippen molar-refractivity contribution >= 4 is 23.2 Å². The molecule has 0 bridgehead atoms. The van der Waals surface area contributed by atoms with Crippen LogP contribution in [0.15, 0.2) is 104 Å². The highest BCUT2D eigenvalue weighted by Crippen LogP contribution is 2.43. The van der Waals surface area contributed by atoms with Gasteiger partial charge in [0.15, 0.2) is 0 Å². The van der Waals surface area contributed by atoms with Crippen LogP contribution in [0.3, 0.4) is 0 Å². The third-order valence-electron chi connectivity index (χ3n) is 6.93. The number of allylic oxidation sites excluding steroid dienone is 1. The number of halogens is 4. The van der Waals surface area contributed by atoms with Crippen molar-refractivity contribution in [2.75, 3.05) is 9.80 Å². The number of rotatable bonds is 12. The summed E-state index contributed by atoms with van der Waals surface area (Å²) in [7, 11) is 0. The maximum Gasteiger partial charge on any atom is 0.252 e. The van der Waals surface area contributed by atoms with Gasteiger partial charge in [0.1, 0.15) is 5.82 Å². The number of hydrogen-bond acceptors (Lipinski definition) is 5. The first kappa shape index (κ1) is 29.2. The molecule has 1 aromatic heterocycles. The van der Waals surface area contributed by atoms with Crippen molar-refractivity contribution in [1.82, 2.24) is 15.3 Å². The Balaban J connectivity index is 1.85. The highest BCUT2D eigenvalue weighted by atomic mass is 35.5. The van der Waals surface area contributed by atoms with E-state index in [2.05, 4.69) is 35.0 Å². The van der Waals surface area contributed by atoms with E-state index in [-0.39, 0.29) is 12.8 Å². The predicted octanol–water partition coefficient (Wildman–Crippen LogP) is 8.05. The maximum atomic E-state index is 14.7. The molecule has 0 aliphatic heterocycles. The molecule has 0 spiro atoms. The second-order valence-electron chi connectivity index (χ2n) is 9.97. The predicted molar refractivity (Wildman–Crippen MR) is 156 cm³/mol. The van der Waals surface area contributed by atoms with Crippen LogP contribution in [-0.2, 0) is 0 Å². The van der Waals surface area contributed by atoms with Crippen LogP contribution in [0.4, 0.5) is 24.8 Å². The van der Waals surface area contributed by atoms with E-state index in [1.165, 1.54) is 12.1 Å². The maximum absolute atomic E-state index is 14.7. The number of nitrogens with zero attached hydrogens (tertiary/aromatic N) is 4. The molecule has 1 N–H and O–H groups in total. The number of hydrogen-bond donors (Lipinski definition) is 1. The zero-order valence-corrected chi connectivity index (χ0v) is 23.4. The van der Waals surface area contributed by atoms with Crippen molar-refractivity contribution in [1.29, 1.82) is 0 Å². The van der Waals surface area contributed by atoms with Crippen molar-refractivity contribution in [2.24, 2.45) is 0 Å². The molecular formula is C31H33ClF3N5. The number of benzene rings is 2. The SMILES string of the molecule is C=C(NC1CC(F)(F)C1)[C@@H](c1ccccc1Cl)N(C(=C)[C@H](CC)N(C(=C)C)c1ncccn1)c1cccc(F)c1. The van der Waals surface area contributed by atoms with E-state index in [4.69, 9.17) is 11.6 Å². The topological polar surface area (TPSA) is 44.3 Å². The van der Waals surface area contributed by atoms with E-state index in [9.17, 15) is 13.2 Å². The number of aromatic nitrogens is 2. The first-order chi connectivity index (χ1) is 19.0. The standard InChI is InChI=1S/C31H33ClF3N5/c1-6-28(39(20(2)3)30-36-15-10-16-37-30)22(5)40(25-12-9-11-23(33)17-25)29(26-13-7-8-14-27(26)32)21(4)38-24-18-31(34,35)19-24/h7-17,24,28-29,38H,2,4-6,18-19H2,1,3H3/t28-,29-/m0/s1. The lowest BCUT2D eigenvalue weighted by Crippen LogP contribution is -2.50. The smallest absolute Gasteiger partial charge is 0.252 e. The summed E-state index contributed by atoms with van der Waals surface area (Å²) in [5.41, 5.74) is 2.83. The molecular weight excluding hydrogens is 535 g/mol. The molecule has 1 saturated carbocycles. The number of anilines is 2. The summed E-state index contributed by atoms with van der Waals surface area (Å²) in [6.07, 6.45) is 3.26. The zero-order chi connectivity index (χ0) is 29.0. The van der Waals surface area contributed by atoms with Crippen LogP contribution >= 0.6 is 11.6 Å². The molecule has 0 saturated heterocycles. The third kappa shape index (κ3) is 6.33. The van der Waals surface area contributed by atoms with Gasteiger partial charge in [-0.15, -0.1) is 0 Å². The minimum atomic E-state index is -2.71. The van der Waals surface area contributed by atoms with Crippen LogP contribution in [0, 0.1) is 5.82 Å². The molecule has 2 aromatic carbocycles. The Morgan fingerprint density at radius 1 is 1.05 bits per heavy atom. The molecule has 3 aromatic rings. The molecule has 2 atom stereocenters. The molecule has 1 aliphatic rings. The Labute approximate surface area is 238 Å². The Kier molecular flexibility index (Phi) is 8.88. The fraction of sp³-hybridized carbons (Fsp3) is 0.290. The van der Waals surface area contributed by atoms with E-state index in [1.807, 2.05) is 35.8 Å². The van der Waals surface area contributed by atoms with Crippen molar-refractivity contribution in [2.45, 2.75) is 57.2 Å². The molecule has 210 valence electrons. The Bertz CT molecular complexity index is 1370. The largest absolute Gasteiger partial charge is 0.384 e. The van der Waals surface area contributed by atoms with Gasteiger partial charge in [-0.2, -0.15) is 0 Å². The molecule has 0 radical (unpaired) electrons. The number of alkyl halides is 2. The summed E-state index contributed by atoms with van der Waals surface area (Å²) in [6.45, 7) is 16.8. The fourth-order valence-corrected chi connectivity index (χ4v) is 5.35. The van der Waals surface area contributed by atoms with Crippen LogP contribution in [0.1, 0.15) is 44.7 Å². The summed E-state index contributed by atoms with van der Waals surface area (Å²) >= 11 is 6.72. The van der Waals surface area contributed by atoms with Gasteiger partial charge >= 0.3 is 0 Å². The van der Waals surface area contributed by atoms with E-state index in [1.54, 1.807) is 42.7 Å². The molecule has 0 amide bonds. The molecule has 1 fully saturated rings. The van der Waals surface area contributed by atoms with E-state index < -0.39 is 29.9 Å². The molecule has 5 nitrogen and oxygen atoms in total. The quantitative estimate of drug-likeness (QED) is 0.240. The van der Waals surface area contributed by atoms with Crippen LogP contribution in [0.2, 0.25) is 5.02 Å². The number of nitrogens with one attached hydrogen (secondary N) is 1. The average molecular weight is 568 g/mol. The Hall–Kier alpha value is -3.78. The summed E-state index contributed by atoms with van der Waals surface area (Å²) in [6, 6.07) is 13.5. The van der Waals surface area contributed by atoms with Gasteiger partial charge in [-0.1, -0.05) is 62.5 Å². The van der Waals surface area contributed by atoms with E-state index >= 15 is 0 Å². The Morgan fingerprint density at radius 3 is 2.30 bits per heavy atom.